The van der Waals surface area contributed by atoms with E-state index in [9.17, 15) is 4.79 Å². The zero-order valence-corrected chi connectivity index (χ0v) is 15.7. The highest BCUT2D eigenvalue weighted by atomic mass is 16.5. The fraction of sp³-hybridized carbons (Fsp3) is 0.706. The number of anilines is 1. The van der Waals surface area contributed by atoms with Crippen LogP contribution in [0, 0.1) is 12.3 Å². The molecule has 0 aliphatic carbocycles. The summed E-state index contributed by atoms with van der Waals surface area (Å²) < 4.78 is 5.30. The van der Waals surface area contributed by atoms with Crippen molar-refractivity contribution in [2.24, 2.45) is 5.41 Å². The Hall–Kier alpha value is -1.49. The number of carbonyl (C=O) groups excluding carboxylic acids is 1. The second-order valence-corrected chi connectivity index (χ2v) is 5.03. The number of carbonyl (C=O) groups is 1. The summed E-state index contributed by atoms with van der Waals surface area (Å²) >= 11 is 0. The molecule has 1 aromatic rings. The highest BCUT2D eigenvalue weighted by molar-refractivity contribution is 5.93. The number of hydrogen-bond donors (Lipinski definition) is 1. The van der Waals surface area contributed by atoms with Gasteiger partial charge in [0.1, 0.15) is 6.10 Å². The van der Waals surface area contributed by atoms with Gasteiger partial charge in [-0.1, -0.05) is 48.5 Å². The SMILES string of the molecule is CC.CC.CCC(C)(C)C(OC)C(=O)Nc1ncc(C)cn1. The van der Waals surface area contributed by atoms with Crippen molar-refractivity contribution in [3.8, 4) is 0 Å². The Labute approximate surface area is 135 Å². The molecule has 0 aliphatic heterocycles. The van der Waals surface area contributed by atoms with E-state index in [1.807, 2.05) is 55.4 Å². The average Bonchev–Trinajstić information content (AvgIpc) is 2.54. The summed E-state index contributed by atoms with van der Waals surface area (Å²) in [5, 5.41) is 2.67. The number of rotatable bonds is 5. The smallest absolute Gasteiger partial charge is 0.256 e. The van der Waals surface area contributed by atoms with E-state index >= 15 is 0 Å². The van der Waals surface area contributed by atoms with Crippen LogP contribution in [0.4, 0.5) is 5.95 Å². The monoisotopic (exact) mass is 311 g/mol. The Kier molecular flexibility index (Phi) is 12.5. The minimum atomic E-state index is -0.521. The van der Waals surface area contributed by atoms with Gasteiger partial charge in [0.2, 0.25) is 5.95 Å². The van der Waals surface area contributed by atoms with Gasteiger partial charge in [0.05, 0.1) is 0 Å². The normalized spacial score (nSPS) is 11.3. The second-order valence-electron chi connectivity index (χ2n) is 5.03. The number of nitrogens with one attached hydrogen (secondary N) is 1. The molecular weight excluding hydrogens is 278 g/mol. The summed E-state index contributed by atoms with van der Waals surface area (Å²) in [7, 11) is 1.54. The molecule has 0 aromatic carbocycles. The van der Waals surface area contributed by atoms with E-state index < -0.39 is 6.10 Å². The molecule has 5 nitrogen and oxygen atoms in total. The van der Waals surface area contributed by atoms with Crippen LogP contribution in [0.1, 0.15) is 60.5 Å². The number of methoxy groups -OCH3 is 1. The molecule has 1 unspecified atom stereocenters. The van der Waals surface area contributed by atoms with Crippen molar-refractivity contribution >= 4 is 11.9 Å². The van der Waals surface area contributed by atoms with E-state index in [0.717, 1.165) is 12.0 Å². The lowest BCUT2D eigenvalue weighted by atomic mass is 9.83. The first-order valence-electron chi connectivity index (χ1n) is 8.03. The van der Waals surface area contributed by atoms with E-state index in [0.29, 0.717) is 5.95 Å². The molecule has 1 atom stereocenters. The van der Waals surface area contributed by atoms with Gasteiger partial charge in [-0.3, -0.25) is 10.1 Å². The van der Waals surface area contributed by atoms with Gasteiger partial charge in [0.25, 0.3) is 5.91 Å². The van der Waals surface area contributed by atoms with Crippen LogP contribution in [0.3, 0.4) is 0 Å². The molecule has 0 aliphatic rings. The summed E-state index contributed by atoms with van der Waals surface area (Å²) in [4.78, 5) is 20.2. The molecule has 0 fully saturated rings. The molecule has 1 heterocycles. The molecule has 22 heavy (non-hydrogen) atoms. The number of nitrogens with zero attached hydrogens (tertiary/aromatic N) is 2. The van der Waals surface area contributed by atoms with Gasteiger partial charge in [0.15, 0.2) is 0 Å². The Bertz CT molecular complexity index is 403. The van der Waals surface area contributed by atoms with Gasteiger partial charge in [0, 0.05) is 19.5 Å². The zero-order valence-electron chi connectivity index (χ0n) is 15.7. The van der Waals surface area contributed by atoms with Gasteiger partial charge in [-0.2, -0.15) is 0 Å². The summed E-state index contributed by atoms with van der Waals surface area (Å²) in [5.74, 6) is 0.0905. The highest BCUT2D eigenvalue weighted by Gasteiger charge is 2.34. The van der Waals surface area contributed by atoms with Crippen LogP contribution in [0.2, 0.25) is 0 Å². The first kappa shape index (κ1) is 22.8. The number of ether oxygens (including phenoxy) is 1. The van der Waals surface area contributed by atoms with Crippen molar-refractivity contribution in [2.45, 2.75) is 67.9 Å². The Morgan fingerprint density at radius 2 is 1.68 bits per heavy atom. The van der Waals surface area contributed by atoms with E-state index in [-0.39, 0.29) is 11.3 Å². The Morgan fingerprint density at radius 1 is 1.23 bits per heavy atom. The predicted molar refractivity (Wildman–Crippen MR) is 93.0 cm³/mol. The Balaban J connectivity index is 0. The molecule has 0 radical (unpaired) electrons. The first-order chi connectivity index (χ1) is 10.4. The van der Waals surface area contributed by atoms with Crippen molar-refractivity contribution in [3.05, 3.63) is 18.0 Å². The first-order valence-corrected chi connectivity index (χ1v) is 8.03. The molecule has 1 N–H and O–H groups in total. The standard InChI is InChI=1S/C13H21N3O2.2C2H6/c1-6-13(3,4)10(18-5)11(17)16-12-14-7-9(2)8-15-12;2*1-2/h7-8,10H,6H2,1-5H3,(H,14,15,16,17);2*1-2H3. The lowest BCUT2D eigenvalue weighted by Crippen LogP contribution is -2.41. The van der Waals surface area contributed by atoms with Gasteiger partial charge in [-0.05, 0) is 24.3 Å². The largest absolute Gasteiger partial charge is 0.371 e. The van der Waals surface area contributed by atoms with Gasteiger partial charge in [-0.25, -0.2) is 9.97 Å². The molecular formula is C17H33N3O2. The molecule has 5 heteroatoms. The molecule has 128 valence electrons. The number of aromatic nitrogens is 2. The van der Waals surface area contributed by atoms with Crippen molar-refractivity contribution in [3.63, 3.8) is 0 Å². The molecule has 0 saturated heterocycles. The van der Waals surface area contributed by atoms with E-state index in [2.05, 4.69) is 15.3 Å². The lowest BCUT2D eigenvalue weighted by Gasteiger charge is -2.30. The van der Waals surface area contributed by atoms with Crippen LogP contribution in [0.25, 0.3) is 0 Å². The zero-order chi connectivity index (χ0) is 17.8. The average molecular weight is 311 g/mol. The van der Waals surface area contributed by atoms with E-state index in [1.165, 1.54) is 7.11 Å². The summed E-state index contributed by atoms with van der Waals surface area (Å²) in [5.41, 5.74) is 0.717. The van der Waals surface area contributed by atoms with Crippen LogP contribution in [-0.2, 0) is 9.53 Å². The van der Waals surface area contributed by atoms with Gasteiger partial charge in [-0.15, -0.1) is 0 Å². The van der Waals surface area contributed by atoms with Crippen LogP contribution in [0.5, 0.6) is 0 Å². The second kappa shape index (κ2) is 12.1. The maximum Gasteiger partial charge on any atom is 0.256 e. The number of amides is 1. The van der Waals surface area contributed by atoms with Gasteiger partial charge >= 0.3 is 0 Å². The molecule has 0 bridgehead atoms. The van der Waals surface area contributed by atoms with Crippen molar-refractivity contribution in [1.29, 1.82) is 0 Å². The Morgan fingerprint density at radius 3 is 2.05 bits per heavy atom. The quantitative estimate of drug-likeness (QED) is 0.884. The third kappa shape index (κ3) is 7.50. The van der Waals surface area contributed by atoms with Gasteiger partial charge < -0.3 is 4.74 Å². The fourth-order valence-electron chi connectivity index (χ4n) is 1.60. The molecule has 0 spiro atoms. The lowest BCUT2D eigenvalue weighted by molar-refractivity contribution is -0.132. The third-order valence-corrected chi connectivity index (χ3v) is 3.11. The molecule has 1 rings (SSSR count). The minimum absolute atomic E-state index is 0.215. The molecule has 1 amide bonds. The maximum atomic E-state index is 12.1. The van der Waals surface area contributed by atoms with Crippen LogP contribution in [0.15, 0.2) is 12.4 Å². The topological polar surface area (TPSA) is 64.1 Å². The summed E-state index contributed by atoms with van der Waals surface area (Å²) in [6.45, 7) is 15.9. The molecule has 0 saturated carbocycles. The fourth-order valence-corrected chi connectivity index (χ4v) is 1.60. The van der Waals surface area contributed by atoms with E-state index in [1.54, 1.807) is 12.4 Å². The maximum absolute atomic E-state index is 12.1. The third-order valence-electron chi connectivity index (χ3n) is 3.11. The highest BCUT2D eigenvalue weighted by Crippen LogP contribution is 2.27. The number of hydrogen-bond acceptors (Lipinski definition) is 4. The van der Waals surface area contributed by atoms with Crippen molar-refractivity contribution < 1.29 is 9.53 Å². The number of aryl methyl sites for hydroxylation is 1. The van der Waals surface area contributed by atoms with E-state index in [4.69, 9.17) is 4.74 Å². The van der Waals surface area contributed by atoms with Crippen molar-refractivity contribution in [2.75, 3.05) is 12.4 Å². The minimum Gasteiger partial charge on any atom is -0.371 e. The summed E-state index contributed by atoms with van der Waals surface area (Å²) in [6, 6.07) is 0. The van der Waals surface area contributed by atoms with Crippen molar-refractivity contribution in [1.82, 2.24) is 9.97 Å². The molecule has 1 aromatic heterocycles. The predicted octanol–water partition coefficient (Wildman–Crippen LogP) is 4.23. The van der Waals surface area contributed by atoms with Crippen LogP contribution < -0.4 is 5.32 Å². The van der Waals surface area contributed by atoms with Crippen LogP contribution in [-0.4, -0.2) is 29.1 Å². The van der Waals surface area contributed by atoms with Crippen LogP contribution >= 0.6 is 0 Å². The summed E-state index contributed by atoms with van der Waals surface area (Å²) in [6.07, 6.45) is 3.64.